The molecule has 0 saturated carbocycles. The molecule has 0 fully saturated rings. The van der Waals surface area contributed by atoms with E-state index in [-0.39, 0.29) is 27.6 Å². The van der Waals surface area contributed by atoms with Crippen LogP contribution in [0, 0.1) is 5.41 Å². The van der Waals surface area contributed by atoms with Gasteiger partial charge >= 0.3 is 102 Å². The fourth-order valence-electron chi connectivity index (χ4n) is 2.32. The standard InChI is InChI=1S/C8H14O4.2C7H7.Sn/c1-8(2,7(11)12)5-3-4-6(9)10;2*1-7-5-3-2-4-6-7;/h3-5H2,1-2H3,(H,9,10)(H,11,12);2*2-6H,1H2;/q;;;+2/p-2. The van der Waals surface area contributed by atoms with Gasteiger partial charge in [-0.15, -0.1) is 0 Å². The van der Waals surface area contributed by atoms with Gasteiger partial charge in [0.15, 0.2) is 0 Å². The molecule has 2 rings (SSSR count). The number of hydrogen-bond donors (Lipinski definition) is 0. The van der Waals surface area contributed by atoms with Crippen molar-refractivity contribution in [3.8, 4) is 0 Å². The van der Waals surface area contributed by atoms with Crippen LogP contribution in [0.2, 0.25) is 0 Å². The molecular formula is C22H26O4Sn. The average molecular weight is 473 g/mol. The number of carboxylic acids is 2. The van der Waals surface area contributed by atoms with Crippen molar-refractivity contribution < 1.29 is 19.8 Å². The number of carbonyl (C=O) groups is 2. The van der Waals surface area contributed by atoms with Crippen molar-refractivity contribution >= 4 is 33.1 Å². The number of rotatable bonds is 9. The molecule has 2 aromatic rings. The van der Waals surface area contributed by atoms with E-state index in [0.29, 0.717) is 12.8 Å². The summed E-state index contributed by atoms with van der Waals surface area (Å²) in [6, 6.07) is 21.7. The van der Waals surface area contributed by atoms with Gasteiger partial charge in [-0.25, -0.2) is 0 Å². The number of hydrogen-bond acceptors (Lipinski definition) is 4. The minimum absolute atomic E-state index is 0.100. The molecule has 5 heteroatoms. The molecule has 27 heavy (non-hydrogen) atoms. The Hall–Kier alpha value is -1.82. The number of benzene rings is 2. The maximum absolute atomic E-state index is 10.4. The Labute approximate surface area is 171 Å². The monoisotopic (exact) mass is 474 g/mol. The van der Waals surface area contributed by atoms with Crippen molar-refractivity contribution in [2.45, 2.75) is 42.0 Å². The van der Waals surface area contributed by atoms with Gasteiger partial charge in [0.1, 0.15) is 0 Å². The summed E-state index contributed by atoms with van der Waals surface area (Å²) in [7, 11) is 0. The van der Waals surface area contributed by atoms with Gasteiger partial charge in [0.05, 0.1) is 0 Å². The zero-order valence-corrected chi connectivity index (χ0v) is 18.8. The maximum atomic E-state index is 10.4. The molecule has 0 aromatic heterocycles. The van der Waals surface area contributed by atoms with E-state index in [0.717, 1.165) is 0 Å². The molecule has 0 heterocycles. The van der Waals surface area contributed by atoms with Gasteiger partial charge in [-0.2, -0.15) is 0 Å². The van der Waals surface area contributed by atoms with Crippen molar-refractivity contribution in [1.82, 2.24) is 0 Å². The minimum atomic E-state index is -1.15. The van der Waals surface area contributed by atoms with Crippen LogP contribution in [0.4, 0.5) is 0 Å². The van der Waals surface area contributed by atoms with E-state index in [1.807, 2.05) is 0 Å². The Kier molecular flexibility index (Phi) is 10.8. The van der Waals surface area contributed by atoms with Crippen molar-refractivity contribution in [2.75, 3.05) is 0 Å². The fraction of sp³-hybridized carbons (Fsp3) is 0.364. The first-order valence-electron chi connectivity index (χ1n) is 9.01. The fourth-order valence-corrected chi connectivity index (χ4v) is 5.67. The molecule has 0 saturated heterocycles. The summed E-state index contributed by atoms with van der Waals surface area (Å²) < 4.78 is 2.69. The van der Waals surface area contributed by atoms with Crippen LogP contribution in [0.5, 0.6) is 0 Å². The van der Waals surface area contributed by atoms with Crippen LogP contribution in [-0.4, -0.2) is 33.1 Å². The third kappa shape index (κ3) is 10.8. The van der Waals surface area contributed by atoms with Gasteiger partial charge in [-0.05, 0) is 19.3 Å². The topological polar surface area (TPSA) is 80.3 Å². The van der Waals surface area contributed by atoms with Gasteiger partial charge in [-0.3, -0.25) is 0 Å². The quantitative estimate of drug-likeness (QED) is 0.521. The molecule has 0 aliphatic carbocycles. The van der Waals surface area contributed by atoms with Crippen molar-refractivity contribution in [2.24, 2.45) is 5.41 Å². The molecule has 0 bridgehead atoms. The molecule has 0 spiro atoms. The van der Waals surface area contributed by atoms with Crippen LogP contribution < -0.4 is 10.2 Å². The summed E-state index contributed by atoms with van der Waals surface area (Å²) in [6.07, 6.45) is 0.503. The van der Waals surface area contributed by atoms with Crippen molar-refractivity contribution in [3.05, 3.63) is 71.8 Å². The molecule has 0 N–H and O–H groups in total. The molecule has 142 valence electrons. The average Bonchev–Trinajstić information content (AvgIpc) is 2.63. The van der Waals surface area contributed by atoms with E-state index in [4.69, 9.17) is 0 Å². The van der Waals surface area contributed by atoms with Gasteiger partial charge in [0, 0.05) is 17.4 Å². The predicted molar refractivity (Wildman–Crippen MR) is 104 cm³/mol. The third-order valence-corrected chi connectivity index (χ3v) is 7.84. The molecule has 0 amide bonds. The Morgan fingerprint density at radius 3 is 1.67 bits per heavy atom. The van der Waals surface area contributed by atoms with Crippen LogP contribution in [0.1, 0.15) is 44.2 Å². The molecule has 0 atom stereocenters. The van der Waals surface area contributed by atoms with E-state index in [1.165, 1.54) is 33.8 Å². The van der Waals surface area contributed by atoms with Gasteiger partial charge in [0.25, 0.3) is 0 Å². The van der Waals surface area contributed by atoms with Crippen LogP contribution in [0.15, 0.2) is 60.7 Å². The van der Waals surface area contributed by atoms with E-state index < -0.39 is 17.4 Å². The van der Waals surface area contributed by atoms with E-state index in [2.05, 4.69) is 60.7 Å². The molecule has 0 unspecified atom stereocenters. The molecule has 2 aromatic carbocycles. The predicted octanol–water partition coefficient (Wildman–Crippen LogP) is 1.77. The summed E-state index contributed by atoms with van der Waals surface area (Å²) in [5.41, 5.74) is 2.08. The molecule has 0 aliphatic heterocycles. The molecule has 0 radical (unpaired) electrons. The van der Waals surface area contributed by atoms with Gasteiger partial charge in [-0.1, -0.05) is 13.8 Å². The normalized spacial score (nSPS) is 10.3. The first-order valence-corrected chi connectivity index (χ1v) is 13.0. The number of carboxylic acid groups (broad SMARTS) is 2. The number of carbonyl (C=O) groups excluding carboxylic acids is 2. The Balaban J connectivity index is 0.000000279. The van der Waals surface area contributed by atoms with Gasteiger partial charge in [0.2, 0.25) is 0 Å². The first-order chi connectivity index (χ1) is 12.8. The van der Waals surface area contributed by atoms with Crippen LogP contribution in [0.25, 0.3) is 0 Å². The third-order valence-electron chi connectivity index (χ3n) is 4.08. The summed E-state index contributed by atoms with van der Waals surface area (Å²) in [6.45, 7) is 3.02. The summed E-state index contributed by atoms with van der Waals surface area (Å²) in [5.74, 6) is -2.30. The van der Waals surface area contributed by atoms with E-state index >= 15 is 0 Å². The SMILES string of the molecule is CC(C)(CCCC(=O)[O-])C(=O)[O-].c1ccc([CH2][Sn+2][CH2]c2ccccc2)cc1. The van der Waals surface area contributed by atoms with Crippen molar-refractivity contribution in [1.29, 1.82) is 0 Å². The van der Waals surface area contributed by atoms with Crippen molar-refractivity contribution in [3.63, 3.8) is 0 Å². The Morgan fingerprint density at radius 2 is 1.30 bits per heavy atom. The Morgan fingerprint density at radius 1 is 0.852 bits per heavy atom. The second-order valence-electron chi connectivity index (χ2n) is 6.97. The van der Waals surface area contributed by atoms with Crippen LogP contribution >= 0.6 is 0 Å². The summed E-state index contributed by atoms with van der Waals surface area (Å²) in [4.78, 5) is 20.4. The van der Waals surface area contributed by atoms with Crippen LogP contribution in [-0.2, 0) is 18.5 Å². The molecule has 4 nitrogen and oxygen atoms in total. The van der Waals surface area contributed by atoms with Crippen LogP contribution in [0.3, 0.4) is 0 Å². The van der Waals surface area contributed by atoms with E-state index in [9.17, 15) is 19.8 Å². The molecule has 0 aliphatic rings. The van der Waals surface area contributed by atoms with E-state index in [1.54, 1.807) is 0 Å². The zero-order chi connectivity index (χ0) is 20.1. The zero-order valence-electron chi connectivity index (χ0n) is 15.9. The molecular weight excluding hydrogens is 447 g/mol. The Bertz CT molecular complexity index is 644. The number of aliphatic carboxylic acids is 2. The van der Waals surface area contributed by atoms with Gasteiger partial charge < -0.3 is 19.8 Å². The summed E-state index contributed by atoms with van der Waals surface area (Å²) in [5, 5.41) is 20.4. The second-order valence-corrected chi connectivity index (χ2v) is 10.4. The second kappa shape index (κ2) is 12.5. The first kappa shape index (κ1) is 23.2. The summed E-state index contributed by atoms with van der Waals surface area (Å²) >= 11 is -0.258.